The fourth-order valence-electron chi connectivity index (χ4n) is 2.71. The number of nitrogens with one attached hydrogen (secondary N) is 2. The lowest BCUT2D eigenvalue weighted by Gasteiger charge is -2.08. The van der Waals surface area contributed by atoms with E-state index in [1.54, 1.807) is 0 Å². The Bertz CT molecular complexity index is 1100. The highest BCUT2D eigenvalue weighted by atomic mass is 35.5. The number of halogens is 2. The molecule has 154 valence electrons. The Kier molecular flexibility index (Phi) is 7.10. The van der Waals surface area contributed by atoms with E-state index < -0.39 is 11.9 Å². The summed E-state index contributed by atoms with van der Waals surface area (Å²) in [4.78, 5) is 36.5. The van der Waals surface area contributed by atoms with Gasteiger partial charge in [0.25, 0.3) is 5.91 Å². The predicted molar refractivity (Wildman–Crippen MR) is 119 cm³/mol. The lowest BCUT2D eigenvalue weighted by Crippen LogP contribution is -2.16. The zero-order valence-corrected chi connectivity index (χ0v) is 17.8. The summed E-state index contributed by atoms with van der Waals surface area (Å²) in [5, 5.41) is 16.9. The number of anilines is 2. The molecule has 0 spiro atoms. The van der Waals surface area contributed by atoms with Crippen molar-refractivity contribution in [1.29, 1.82) is 0 Å². The van der Waals surface area contributed by atoms with Crippen molar-refractivity contribution in [3.8, 4) is 0 Å². The second-order valence-corrected chi connectivity index (χ2v) is 7.99. The Balaban J connectivity index is 1.72. The molecule has 2 amide bonds. The van der Waals surface area contributed by atoms with E-state index >= 15 is 0 Å². The summed E-state index contributed by atoms with van der Waals surface area (Å²) in [5.74, 6) is -2.17. The number of aryl methyl sites for hydroxylation is 1. The van der Waals surface area contributed by atoms with Crippen molar-refractivity contribution in [3.63, 3.8) is 0 Å². The Morgan fingerprint density at radius 3 is 2.40 bits per heavy atom. The summed E-state index contributed by atoms with van der Waals surface area (Å²) in [7, 11) is 0. The van der Waals surface area contributed by atoms with Crippen LogP contribution in [0.25, 0.3) is 0 Å². The summed E-state index contributed by atoms with van der Waals surface area (Å²) in [6.45, 7) is 0. The first-order valence-corrected chi connectivity index (χ1v) is 10.4. The van der Waals surface area contributed by atoms with Crippen molar-refractivity contribution < 1.29 is 19.5 Å². The van der Waals surface area contributed by atoms with Gasteiger partial charge in [-0.1, -0.05) is 53.5 Å². The van der Waals surface area contributed by atoms with Crippen LogP contribution >= 0.6 is 34.5 Å². The molecule has 3 aromatic rings. The number of amides is 2. The molecule has 6 nitrogen and oxygen atoms in total. The summed E-state index contributed by atoms with van der Waals surface area (Å²) >= 11 is 12.9. The maximum absolute atomic E-state index is 12.5. The highest BCUT2D eigenvalue weighted by Crippen LogP contribution is 2.33. The number of carboxylic acids is 1. The second-order valence-electron chi connectivity index (χ2n) is 6.27. The van der Waals surface area contributed by atoms with Crippen LogP contribution in [0.15, 0.2) is 53.9 Å². The largest absolute Gasteiger partial charge is 0.478 e. The van der Waals surface area contributed by atoms with Crippen molar-refractivity contribution in [2.45, 2.75) is 12.8 Å². The molecule has 3 rings (SSSR count). The Hall–Kier alpha value is -2.87. The molecule has 0 aliphatic carbocycles. The topological polar surface area (TPSA) is 95.5 Å². The van der Waals surface area contributed by atoms with E-state index in [2.05, 4.69) is 10.6 Å². The predicted octanol–water partition coefficient (Wildman–Crippen LogP) is 5.58. The minimum atomic E-state index is -1.27. The van der Waals surface area contributed by atoms with E-state index in [-0.39, 0.29) is 39.2 Å². The highest BCUT2D eigenvalue weighted by molar-refractivity contribution is 7.15. The molecule has 0 saturated heterocycles. The Morgan fingerprint density at radius 1 is 1.00 bits per heavy atom. The average molecular weight is 463 g/mol. The Morgan fingerprint density at radius 2 is 1.73 bits per heavy atom. The standard InChI is InChI=1S/C21H16Cl2N2O4S/c22-13-7-8-14(15(23)10-13)19(27)24-16-11-30-20(18(16)21(28)29)25-17(26)9-6-12-4-2-1-3-5-12/h1-5,7-8,10-11H,6,9H2,(H,24,27)(H,25,26)(H,28,29). The molecule has 9 heteroatoms. The molecule has 0 aliphatic heterocycles. The van der Waals surface area contributed by atoms with Crippen molar-refractivity contribution >= 4 is 63.0 Å². The third kappa shape index (κ3) is 5.38. The molecular weight excluding hydrogens is 447 g/mol. The third-order valence-corrected chi connectivity index (χ3v) is 5.61. The molecule has 0 saturated carbocycles. The van der Waals surface area contributed by atoms with Gasteiger partial charge in [0, 0.05) is 16.8 Å². The molecule has 0 aliphatic rings. The molecule has 0 radical (unpaired) electrons. The van der Waals surface area contributed by atoms with Gasteiger partial charge in [0.15, 0.2) is 0 Å². The van der Waals surface area contributed by atoms with Crippen LogP contribution in [-0.4, -0.2) is 22.9 Å². The molecule has 30 heavy (non-hydrogen) atoms. The number of thiophene rings is 1. The van der Waals surface area contributed by atoms with Gasteiger partial charge in [0.1, 0.15) is 10.6 Å². The Labute approximate surface area is 186 Å². The first kappa shape index (κ1) is 21.8. The molecule has 1 aromatic heterocycles. The van der Waals surface area contributed by atoms with Gasteiger partial charge in [-0.3, -0.25) is 9.59 Å². The maximum atomic E-state index is 12.5. The minimum Gasteiger partial charge on any atom is -0.478 e. The molecule has 1 heterocycles. The maximum Gasteiger partial charge on any atom is 0.340 e. The molecule has 2 aromatic carbocycles. The fraction of sp³-hybridized carbons (Fsp3) is 0.0952. The van der Waals surface area contributed by atoms with Crippen molar-refractivity contribution in [3.05, 3.63) is 80.6 Å². The number of benzene rings is 2. The van der Waals surface area contributed by atoms with E-state index in [9.17, 15) is 19.5 Å². The highest BCUT2D eigenvalue weighted by Gasteiger charge is 2.22. The van der Waals surface area contributed by atoms with Crippen molar-refractivity contribution in [2.24, 2.45) is 0 Å². The number of carbonyl (C=O) groups excluding carboxylic acids is 2. The van der Waals surface area contributed by atoms with E-state index in [0.717, 1.165) is 16.9 Å². The summed E-state index contributed by atoms with van der Waals surface area (Å²) in [6.07, 6.45) is 0.724. The summed E-state index contributed by atoms with van der Waals surface area (Å²) in [5.41, 5.74) is 1.04. The van der Waals surface area contributed by atoms with Gasteiger partial charge in [-0.15, -0.1) is 11.3 Å². The van der Waals surface area contributed by atoms with Crippen LogP contribution in [0.4, 0.5) is 10.7 Å². The average Bonchev–Trinajstić information content (AvgIpc) is 3.09. The zero-order valence-electron chi connectivity index (χ0n) is 15.4. The van der Waals surface area contributed by atoms with Crippen molar-refractivity contribution in [2.75, 3.05) is 10.6 Å². The van der Waals surface area contributed by atoms with E-state index in [4.69, 9.17) is 23.2 Å². The van der Waals surface area contributed by atoms with Crippen LogP contribution in [-0.2, 0) is 11.2 Å². The lowest BCUT2D eigenvalue weighted by atomic mass is 10.1. The number of carbonyl (C=O) groups is 3. The first-order valence-electron chi connectivity index (χ1n) is 8.80. The number of carboxylic acid groups (broad SMARTS) is 1. The van der Waals surface area contributed by atoms with E-state index in [1.807, 2.05) is 30.3 Å². The molecule has 0 bridgehead atoms. The number of hydrogen-bond acceptors (Lipinski definition) is 4. The molecule has 3 N–H and O–H groups in total. The zero-order chi connectivity index (χ0) is 21.7. The number of aromatic carboxylic acids is 1. The quantitative estimate of drug-likeness (QED) is 0.427. The van der Waals surface area contributed by atoms with E-state index in [0.29, 0.717) is 11.4 Å². The van der Waals surface area contributed by atoms with Gasteiger partial charge in [-0.05, 0) is 30.2 Å². The number of hydrogen-bond donors (Lipinski definition) is 3. The van der Waals surface area contributed by atoms with Gasteiger partial charge < -0.3 is 15.7 Å². The smallest absolute Gasteiger partial charge is 0.340 e. The molecular formula is C21H16Cl2N2O4S. The SMILES string of the molecule is O=C(CCc1ccccc1)Nc1scc(NC(=O)c2ccc(Cl)cc2Cl)c1C(=O)O. The summed E-state index contributed by atoms with van der Waals surface area (Å²) in [6, 6.07) is 13.9. The fourth-order valence-corrected chi connectivity index (χ4v) is 4.10. The molecule has 0 unspecified atom stereocenters. The van der Waals surface area contributed by atoms with Crippen molar-refractivity contribution in [1.82, 2.24) is 0 Å². The minimum absolute atomic E-state index is 0.0712. The molecule has 0 atom stereocenters. The van der Waals surface area contributed by atoms with Gasteiger partial charge in [0.2, 0.25) is 5.91 Å². The van der Waals surface area contributed by atoms with Gasteiger partial charge >= 0.3 is 5.97 Å². The lowest BCUT2D eigenvalue weighted by molar-refractivity contribution is -0.116. The monoisotopic (exact) mass is 462 g/mol. The number of rotatable bonds is 7. The van der Waals surface area contributed by atoms with Gasteiger partial charge in [0.05, 0.1) is 16.3 Å². The van der Waals surface area contributed by atoms with Crippen LogP contribution in [0.5, 0.6) is 0 Å². The summed E-state index contributed by atoms with van der Waals surface area (Å²) < 4.78 is 0. The van der Waals surface area contributed by atoms with E-state index in [1.165, 1.54) is 23.6 Å². The third-order valence-electron chi connectivity index (χ3n) is 4.17. The van der Waals surface area contributed by atoms with Gasteiger partial charge in [-0.2, -0.15) is 0 Å². The van der Waals surface area contributed by atoms with Crippen LogP contribution in [0, 0.1) is 0 Å². The van der Waals surface area contributed by atoms with Crippen LogP contribution in [0.1, 0.15) is 32.7 Å². The second kappa shape index (κ2) is 9.75. The molecule has 0 fully saturated rings. The van der Waals surface area contributed by atoms with Gasteiger partial charge in [-0.25, -0.2) is 4.79 Å². The van der Waals surface area contributed by atoms with Crippen LogP contribution in [0.2, 0.25) is 10.0 Å². The first-order chi connectivity index (χ1) is 14.3. The normalized spacial score (nSPS) is 10.5. The van der Waals surface area contributed by atoms with Crippen LogP contribution < -0.4 is 10.6 Å². The van der Waals surface area contributed by atoms with Crippen LogP contribution in [0.3, 0.4) is 0 Å².